The van der Waals surface area contributed by atoms with Crippen LogP contribution in [0.2, 0.25) is 5.15 Å². The highest BCUT2D eigenvalue weighted by atomic mass is 35.5. The summed E-state index contributed by atoms with van der Waals surface area (Å²) in [5, 5.41) is 0.156. The van der Waals surface area contributed by atoms with E-state index in [2.05, 4.69) is 9.97 Å². The third kappa shape index (κ3) is 4.20. The summed E-state index contributed by atoms with van der Waals surface area (Å²) < 4.78 is 36.2. The molecule has 1 heterocycles. The minimum atomic E-state index is -4.20. The van der Waals surface area contributed by atoms with Gasteiger partial charge in [-0.3, -0.25) is 0 Å². The van der Waals surface area contributed by atoms with E-state index in [-0.39, 0.29) is 17.6 Å². The standard InChI is InChI=1S/C9H10Cl2F3N3/c1-17(3-2-9(12,13)14)8-6(4-10)7(11)15-5-16-8/h5H,2-4H2,1H3. The van der Waals surface area contributed by atoms with Crippen molar-refractivity contribution in [1.82, 2.24) is 9.97 Å². The Morgan fingerprint density at radius 3 is 2.53 bits per heavy atom. The predicted molar refractivity (Wildman–Crippen MR) is 60.5 cm³/mol. The average Bonchev–Trinajstić information content (AvgIpc) is 2.24. The van der Waals surface area contributed by atoms with Gasteiger partial charge < -0.3 is 4.90 Å². The van der Waals surface area contributed by atoms with Crippen molar-refractivity contribution in [2.75, 3.05) is 18.5 Å². The second kappa shape index (κ2) is 5.73. The molecule has 0 aliphatic carbocycles. The number of rotatable bonds is 4. The Morgan fingerprint density at radius 1 is 1.35 bits per heavy atom. The van der Waals surface area contributed by atoms with Crippen molar-refractivity contribution in [2.45, 2.75) is 18.5 Å². The molecular weight excluding hydrogens is 278 g/mol. The molecule has 0 spiro atoms. The fourth-order valence-corrected chi connectivity index (χ4v) is 1.74. The van der Waals surface area contributed by atoms with E-state index < -0.39 is 12.6 Å². The van der Waals surface area contributed by atoms with Gasteiger partial charge in [0.2, 0.25) is 0 Å². The summed E-state index contributed by atoms with van der Waals surface area (Å²) in [4.78, 5) is 8.97. The summed E-state index contributed by atoms with van der Waals surface area (Å²) in [7, 11) is 1.50. The first kappa shape index (κ1) is 14.3. The fourth-order valence-electron chi connectivity index (χ4n) is 1.23. The zero-order chi connectivity index (χ0) is 13.1. The Labute approximate surface area is 107 Å². The monoisotopic (exact) mass is 287 g/mol. The van der Waals surface area contributed by atoms with Crippen LogP contribution in [0.25, 0.3) is 0 Å². The number of aromatic nitrogens is 2. The Bertz CT molecular complexity index is 384. The lowest BCUT2D eigenvalue weighted by Crippen LogP contribution is -2.25. The largest absolute Gasteiger partial charge is 0.390 e. The molecule has 0 radical (unpaired) electrons. The van der Waals surface area contributed by atoms with E-state index in [1.54, 1.807) is 0 Å². The summed E-state index contributed by atoms with van der Waals surface area (Å²) in [5.41, 5.74) is 0.431. The Balaban J connectivity index is 2.82. The molecule has 0 aliphatic heterocycles. The van der Waals surface area contributed by atoms with E-state index in [1.165, 1.54) is 18.3 Å². The van der Waals surface area contributed by atoms with Crippen molar-refractivity contribution >= 4 is 29.0 Å². The van der Waals surface area contributed by atoms with Gasteiger partial charge in [0.15, 0.2) is 0 Å². The van der Waals surface area contributed by atoms with Gasteiger partial charge >= 0.3 is 6.18 Å². The van der Waals surface area contributed by atoms with E-state index >= 15 is 0 Å². The molecule has 0 unspecified atom stereocenters. The molecule has 8 heteroatoms. The maximum atomic E-state index is 12.1. The molecule has 3 nitrogen and oxygen atoms in total. The molecule has 0 aliphatic rings. The van der Waals surface area contributed by atoms with Gasteiger partial charge in [0.05, 0.1) is 12.3 Å². The van der Waals surface area contributed by atoms with Gasteiger partial charge in [-0.05, 0) is 0 Å². The lowest BCUT2D eigenvalue weighted by molar-refractivity contribution is -0.132. The molecule has 1 aromatic rings. The minimum absolute atomic E-state index is 0.0470. The predicted octanol–water partition coefficient (Wildman–Crippen LogP) is 3.26. The molecule has 0 aromatic carbocycles. The van der Waals surface area contributed by atoms with E-state index in [1.807, 2.05) is 0 Å². The van der Waals surface area contributed by atoms with Crippen molar-refractivity contribution in [1.29, 1.82) is 0 Å². The van der Waals surface area contributed by atoms with Gasteiger partial charge in [-0.15, -0.1) is 11.6 Å². The summed E-state index contributed by atoms with van der Waals surface area (Å²) in [6, 6.07) is 0. The number of halogens is 5. The SMILES string of the molecule is CN(CCC(F)(F)F)c1ncnc(Cl)c1CCl. The first-order chi connectivity index (χ1) is 7.85. The zero-order valence-electron chi connectivity index (χ0n) is 8.93. The van der Waals surface area contributed by atoms with Crippen LogP contribution in [0.4, 0.5) is 19.0 Å². The highest BCUT2D eigenvalue weighted by molar-refractivity contribution is 6.31. The lowest BCUT2D eigenvalue weighted by atomic mass is 10.3. The van der Waals surface area contributed by atoms with Crippen molar-refractivity contribution in [3.05, 3.63) is 17.0 Å². The molecule has 0 bridgehead atoms. The zero-order valence-corrected chi connectivity index (χ0v) is 10.4. The quantitative estimate of drug-likeness (QED) is 0.629. The maximum Gasteiger partial charge on any atom is 0.390 e. The molecule has 0 saturated heterocycles. The van der Waals surface area contributed by atoms with Gasteiger partial charge in [0.25, 0.3) is 0 Å². The third-order valence-corrected chi connectivity index (χ3v) is 2.69. The topological polar surface area (TPSA) is 29.0 Å². The molecule has 0 N–H and O–H groups in total. The molecule has 0 fully saturated rings. The van der Waals surface area contributed by atoms with Gasteiger partial charge in [-0.2, -0.15) is 13.2 Å². The Kier molecular flexibility index (Phi) is 4.82. The number of nitrogens with zero attached hydrogens (tertiary/aromatic N) is 3. The van der Waals surface area contributed by atoms with Gasteiger partial charge in [-0.25, -0.2) is 9.97 Å². The normalized spacial score (nSPS) is 11.6. The second-order valence-electron chi connectivity index (χ2n) is 3.39. The van der Waals surface area contributed by atoms with Crippen LogP contribution in [0.15, 0.2) is 6.33 Å². The first-order valence-corrected chi connectivity index (χ1v) is 5.59. The van der Waals surface area contributed by atoms with E-state index in [4.69, 9.17) is 23.2 Å². The van der Waals surface area contributed by atoms with Crippen LogP contribution >= 0.6 is 23.2 Å². The van der Waals surface area contributed by atoms with Crippen molar-refractivity contribution in [3.63, 3.8) is 0 Å². The molecule has 17 heavy (non-hydrogen) atoms. The smallest absolute Gasteiger partial charge is 0.359 e. The van der Waals surface area contributed by atoms with E-state index in [0.29, 0.717) is 11.4 Å². The van der Waals surface area contributed by atoms with Gasteiger partial charge in [0.1, 0.15) is 17.3 Å². The van der Waals surface area contributed by atoms with Crippen molar-refractivity contribution in [3.8, 4) is 0 Å². The number of hydrogen-bond acceptors (Lipinski definition) is 3. The average molecular weight is 288 g/mol. The molecule has 1 rings (SSSR count). The van der Waals surface area contributed by atoms with Crippen LogP contribution in [-0.2, 0) is 5.88 Å². The van der Waals surface area contributed by atoms with E-state index in [9.17, 15) is 13.2 Å². The maximum absolute atomic E-state index is 12.1. The molecule has 0 amide bonds. The van der Waals surface area contributed by atoms with Crippen LogP contribution in [0, 0.1) is 0 Å². The summed E-state index contributed by atoms with van der Waals surface area (Å²) in [6.07, 6.45) is -3.93. The first-order valence-electron chi connectivity index (χ1n) is 4.68. The molecule has 96 valence electrons. The van der Waals surface area contributed by atoms with Crippen LogP contribution in [0.5, 0.6) is 0 Å². The third-order valence-electron chi connectivity index (χ3n) is 2.10. The number of anilines is 1. The highest BCUT2D eigenvalue weighted by Crippen LogP contribution is 2.26. The molecule has 1 aromatic heterocycles. The van der Waals surface area contributed by atoms with E-state index in [0.717, 1.165) is 0 Å². The minimum Gasteiger partial charge on any atom is -0.359 e. The lowest BCUT2D eigenvalue weighted by Gasteiger charge is -2.21. The van der Waals surface area contributed by atoms with Gasteiger partial charge in [-0.1, -0.05) is 11.6 Å². The molecular formula is C9H10Cl2F3N3. The molecule has 0 saturated carbocycles. The van der Waals surface area contributed by atoms with Crippen LogP contribution < -0.4 is 4.90 Å². The summed E-state index contributed by atoms with van der Waals surface area (Å²) >= 11 is 11.4. The number of hydrogen-bond donors (Lipinski definition) is 0. The van der Waals surface area contributed by atoms with Crippen LogP contribution in [0.3, 0.4) is 0 Å². The Hall–Kier alpha value is -0.750. The highest BCUT2D eigenvalue weighted by Gasteiger charge is 2.27. The van der Waals surface area contributed by atoms with Crippen molar-refractivity contribution < 1.29 is 13.2 Å². The molecule has 0 atom stereocenters. The summed E-state index contributed by atoms with van der Waals surface area (Å²) in [5.74, 6) is 0.370. The Morgan fingerprint density at radius 2 is 2.00 bits per heavy atom. The van der Waals surface area contributed by atoms with Gasteiger partial charge in [0, 0.05) is 19.2 Å². The van der Waals surface area contributed by atoms with Crippen LogP contribution in [0.1, 0.15) is 12.0 Å². The second-order valence-corrected chi connectivity index (χ2v) is 4.01. The van der Waals surface area contributed by atoms with Crippen LogP contribution in [-0.4, -0.2) is 29.7 Å². The fraction of sp³-hybridized carbons (Fsp3) is 0.556. The number of alkyl halides is 4. The summed E-state index contributed by atoms with van der Waals surface area (Å²) in [6.45, 7) is -0.208. The van der Waals surface area contributed by atoms with Crippen molar-refractivity contribution in [2.24, 2.45) is 0 Å².